The van der Waals surface area contributed by atoms with E-state index in [9.17, 15) is 15.3 Å². The zero-order valence-electron chi connectivity index (χ0n) is 9.99. The monoisotopic (exact) mass is 244 g/mol. The molecular formula is C11H20N2O4. The highest BCUT2D eigenvalue weighted by Crippen LogP contribution is 2.28. The highest BCUT2D eigenvalue weighted by Gasteiger charge is 2.47. The lowest BCUT2D eigenvalue weighted by Gasteiger charge is -2.39. The number of aliphatic imine (C=N–C) groups is 1. The maximum Gasteiger partial charge on any atom is 0.289 e. The summed E-state index contributed by atoms with van der Waals surface area (Å²) in [5.41, 5.74) is 0. The normalized spacial score (nSPS) is 39.3. The van der Waals surface area contributed by atoms with Crippen LogP contribution in [0, 0.1) is 0 Å². The summed E-state index contributed by atoms with van der Waals surface area (Å²) in [6.45, 7) is 3.00. The topological polar surface area (TPSA) is 85.5 Å². The lowest BCUT2D eigenvalue weighted by atomic mass is 9.96. The highest BCUT2D eigenvalue weighted by molar-refractivity contribution is 5.76. The van der Waals surface area contributed by atoms with E-state index in [1.807, 2.05) is 0 Å². The molecule has 2 rings (SSSR count). The van der Waals surface area contributed by atoms with Gasteiger partial charge in [0.2, 0.25) is 0 Å². The lowest BCUT2D eigenvalue weighted by molar-refractivity contribution is -0.119. The van der Waals surface area contributed by atoms with E-state index < -0.39 is 24.5 Å². The fraction of sp³-hybridized carbons (Fsp3) is 0.909. The van der Waals surface area contributed by atoms with Gasteiger partial charge in [-0.15, -0.1) is 0 Å². The predicted molar refractivity (Wildman–Crippen MR) is 61.4 cm³/mol. The number of amidine groups is 1. The molecule has 6 heteroatoms. The van der Waals surface area contributed by atoms with Crippen molar-refractivity contribution in [3.05, 3.63) is 0 Å². The fourth-order valence-corrected chi connectivity index (χ4v) is 2.25. The number of rotatable bonds is 3. The van der Waals surface area contributed by atoms with E-state index in [1.165, 1.54) is 0 Å². The molecule has 6 nitrogen and oxygen atoms in total. The second-order valence-corrected chi connectivity index (χ2v) is 4.58. The largest absolute Gasteiger partial charge is 0.463 e. The van der Waals surface area contributed by atoms with E-state index in [0.717, 1.165) is 12.8 Å². The second-order valence-electron chi connectivity index (χ2n) is 4.58. The first-order chi connectivity index (χ1) is 8.15. The highest BCUT2D eigenvalue weighted by atomic mass is 16.5. The van der Waals surface area contributed by atoms with E-state index in [4.69, 9.17) is 4.74 Å². The molecule has 2 fully saturated rings. The Labute approximate surface area is 101 Å². The van der Waals surface area contributed by atoms with Crippen LogP contribution >= 0.6 is 0 Å². The number of aliphatic hydroxyl groups excluding tert-OH is 3. The summed E-state index contributed by atoms with van der Waals surface area (Å²) >= 11 is 0. The third-order valence-corrected chi connectivity index (χ3v) is 3.28. The molecular weight excluding hydrogens is 224 g/mol. The zero-order chi connectivity index (χ0) is 12.4. The molecule has 0 aromatic rings. The Bertz CT molecular complexity index is 297. The number of hydrogen-bond acceptors (Lipinski definition) is 5. The van der Waals surface area contributed by atoms with E-state index in [0.29, 0.717) is 12.6 Å². The molecule has 0 aromatic carbocycles. The maximum absolute atomic E-state index is 9.89. The SMILES string of the molecule is CCCCN=C1OCC2[C@@H](O)C(O)C[C@@H](O)N12. The minimum atomic E-state index is -0.898. The average Bonchev–Trinajstić information content (AvgIpc) is 2.71. The summed E-state index contributed by atoms with van der Waals surface area (Å²) in [6.07, 6.45) is -0.492. The van der Waals surface area contributed by atoms with Crippen molar-refractivity contribution in [1.29, 1.82) is 0 Å². The molecule has 0 aliphatic carbocycles. The molecule has 0 aromatic heterocycles. The van der Waals surface area contributed by atoms with Gasteiger partial charge >= 0.3 is 0 Å². The molecule has 0 bridgehead atoms. The van der Waals surface area contributed by atoms with Gasteiger partial charge in [-0.3, -0.25) is 4.90 Å². The first kappa shape index (κ1) is 12.6. The van der Waals surface area contributed by atoms with Crippen LogP contribution in [-0.4, -0.2) is 63.9 Å². The zero-order valence-corrected chi connectivity index (χ0v) is 9.99. The Balaban J connectivity index is 2.07. The van der Waals surface area contributed by atoms with Gasteiger partial charge in [-0.25, -0.2) is 4.99 Å². The first-order valence-electron chi connectivity index (χ1n) is 6.15. The molecule has 17 heavy (non-hydrogen) atoms. The Morgan fingerprint density at radius 1 is 1.41 bits per heavy atom. The van der Waals surface area contributed by atoms with Gasteiger partial charge in [-0.1, -0.05) is 13.3 Å². The Morgan fingerprint density at radius 3 is 2.88 bits per heavy atom. The average molecular weight is 244 g/mol. The van der Waals surface area contributed by atoms with Crippen LogP contribution < -0.4 is 0 Å². The van der Waals surface area contributed by atoms with Crippen molar-refractivity contribution < 1.29 is 20.1 Å². The molecule has 2 saturated heterocycles. The van der Waals surface area contributed by atoms with Gasteiger partial charge in [-0.05, 0) is 6.42 Å². The molecule has 0 saturated carbocycles. The molecule has 0 amide bonds. The Kier molecular flexibility index (Phi) is 3.86. The third kappa shape index (κ3) is 2.38. The van der Waals surface area contributed by atoms with E-state index in [1.54, 1.807) is 4.90 Å². The summed E-state index contributed by atoms with van der Waals surface area (Å²) in [5, 5.41) is 29.3. The van der Waals surface area contributed by atoms with Gasteiger partial charge in [0.15, 0.2) is 0 Å². The summed E-state index contributed by atoms with van der Waals surface area (Å²) < 4.78 is 5.38. The molecule has 98 valence electrons. The van der Waals surface area contributed by atoms with Crippen molar-refractivity contribution in [2.24, 2.45) is 4.99 Å². The molecule has 0 radical (unpaired) electrons. The fourth-order valence-electron chi connectivity index (χ4n) is 2.25. The standard InChI is InChI=1S/C11H20N2O4/c1-2-3-4-12-11-13-7(6-17-11)10(16)8(14)5-9(13)15/h7-10,14-16H,2-6H2,1H3/t7?,8?,9-,10-/m1/s1. The number of nitrogens with zero attached hydrogens (tertiary/aromatic N) is 2. The summed E-state index contributed by atoms with van der Waals surface area (Å²) in [7, 11) is 0. The van der Waals surface area contributed by atoms with Crippen molar-refractivity contribution >= 4 is 6.02 Å². The quantitative estimate of drug-likeness (QED) is 0.571. The van der Waals surface area contributed by atoms with Crippen molar-refractivity contribution in [3.8, 4) is 0 Å². The van der Waals surface area contributed by atoms with Gasteiger partial charge in [0, 0.05) is 13.0 Å². The Morgan fingerprint density at radius 2 is 2.18 bits per heavy atom. The molecule has 3 N–H and O–H groups in total. The van der Waals surface area contributed by atoms with Crippen molar-refractivity contribution in [1.82, 2.24) is 4.90 Å². The molecule has 2 aliphatic rings. The molecule has 4 atom stereocenters. The van der Waals surface area contributed by atoms with Gasteiger partial charge in [-0.2, -0.15) is 0 Å². The van der Waals surface area contributed by atoms with Gasteiger partial charge in [0.05, 0.1) is 12.1 Å². The predicted octanol–water partition coefficient (Wildman–Crippen LogP) is -0.713. The summed E-state index contributed by atoms with van der Waals surface area (Å²) in [6, 6.07) is -0.00368. The van der Waals surface area contributed by atoms with Gasteiger partial charge < -0.3 is 20.1 Å². The molecule has 0 spiro atoms. The Hall–Kier alpha value is -0.850. The number of hydrogen-bond donors (Lipinski definition) is 3. The van der Waals surface area contributed by atoms with Crippen molar-refractivity contribution in [3.63, 3.8) is 0 Å². The van der Waals surface area contributed by atoms with Crippen LogP contribution in [0.4, 0.5) is 0 Å². The minimum absolute atomic E-state index is 0.119. The second kappa shape index (κ2) is 5.20. The van der Waals surface area contributed by atoms with E-state index >= 15 is 0 Å². The molecule has 2 aliphatic heterocycles. The smallest absolute Gasteiger partial charge is 0.289 e. The van der Waals surface area contributed by atoms with Crippen LogP contribution in [0.15, 0.2) is 4.99 Å². The van der Waals surface area contributed by atoms with E-state index in [2.05, 4.69) is 11.9 Å². The first-order valence-corrected chi connectivity index (χ1v) is 6.15. The van der Waals surface area contributed by atoms with Crippen LogP contribution in [0.3, 0.4) is 0 Å². The number of fused-ring (bicyclic) bond motifs is 1. The van der Waals surface area contributed by atoms with Crippen molar-refractivity contribution in [2.75, 3.05) is 13.2 Å². The molecule has 2 heterocycles. The van der Waals surface area contributed by atoms with Crippen LogP contribution in [-0.2, 0) is 4.74 Å². The van der Waals surface area contributed by atoms with Crippen LogP contribution in [0.2, 0.25) is 0 Å². The van der Waals surface area contributed by atoms with Crippen LogP contribution in [0.5, 0.6) is 0 Å². The van der Waals surface area contributed by atoms with Crippen molar-refractivity contribution in [2.45, 2.75) is 50.7 Å². The number of unbranched alkanes of at least 4 members (excludes halogenated alkanes) is 1. The number of aliphatic hydroxyl groups is 3. The minimum Gasteiger partial charge on any atom is -0.463 e. The van der Waals surface area contributed by atoms with E-state index in [-0.39, 0.29) is 13.0 Å². The van der Waals surface area contributed by atoms with Crippen LogP contribution in [0.25, 0.3) is 0 Å². The summed E-state index contributed by atoms with van der Waals surface area (Å²) in [5.74, 6) is 0. The van der Waals surface area contributed by atoms with Gasteiger partial charge in [0.25, 0.3) is 6.02 Å². The van der Waals surface area contributed by atoms with Gasteiger partial charge in [0.1, 0.15) is 18.9 Å². The molecule has 2 unspecified atom stereocenters. The number of ether oxygens (including phenoxy) is 1. The third-order valence-electron chi connectivity index (χ3n) is 3.28. The number of piperidine rings is 1. The summed E-state index contributed by atoms with van der Waals surface area (Å²) in [4.78, 5) is 5.85. The maximum atomic E-state index is 9.89. The van der Waals surface area contributed by atoms with Crippen LogP contribution in [0.1, 0.15) is 26.2 Å². The lowest BCUT2D eigenvalue weighted by Crippen LogP contribution is -2.58.